The van der Waals surface area contributed by atoms with Crippen molar-refractivity contribution in [2.45, 2.75) is 32.6 Å². The van der Waals surface area contributed by atoms with E-state index in [1.165, 1.54) is 17.3 Å². The van der Waals surface area contributed by atoms with Gasteiger partial charge < -0.3 is 9.32 Å². The Morgan fingerprint density at radius 2 is 2.08 bits per heavy atom. The number of carbonyl (C=O) groups is 1. The molecule has 0 bridgehead atoms. The van der Waals surface area contributed by atoms with Gasteiger partial charge in [-0.05, 0) is 50.2 Å². The van der Waals surface area contributed by atoms with Gasteiger partial charge in [0.1, 0.15) is 5.76 Å². The molecule has 4 rings (SSSR count). The summed E-state index contributed by atoms with van der Waals surface area (Å²) in [6.45, 7) is 3.35. The van der Waals surface area contributed by atoms with Gasteiger partial charge >= 0.3 is 0 Å². The molecule has 0 spiro atoms. The zero-order valence-electron chi connectivity index (χ0n) is 15.0. The van der Waals surface area contributed by atoms with E-state index < -0.39 is 0 Å². The van der Waals surface area contributed by atoms with Crippen LogP contribution in [0.3, 0.4) is 0 Å². The first-order chi connectivity index (χ1) is 12.7. The number of aryl methyl sites for hydroxylation is 1. The summed E-state index contributed by atoms with van der Waals surface area (Å²) in [6, 6.07) is 10.5. The minimum absolute atomic E-state index is 0.0104. The number of amides is 1. The van der Waals surface area contributed by atoms with E-state index in [0.717, 1.165) is 44.3 Å². The van der Waals surface area contributed by atoms with Gasteiger partial charge in [0, 0.05) is 24.7 Å². The van der Waals surface area contributed by atoms with Crippen LogP contribution in [0.15, 0.2) is 47.3 Å². The smallest absolute Gasteiger partial charge is 0.276 e. The number of para-hydroxylation sites is 1. The zero-order valence-corrected chi connectivity index (χ0v) is 15.0. The Morgan fingerprint density at radius 3 is 2.92 bits per heavy atom. The van der Waals surface area contributed by atoms with E-state index in [0.29, 0.717) is 17.4 Å². The molecular formula is C21H23N3O2. The van der Waals surface area contributed by atoms with Crippen LogP contribution >= 0.6 is 0 Å². The minimum Gasteiger partial charge on any atom is -0.448 e. The topological polar surface area (TPSA) is 59.2 Å². The highest BCUT2D eigenvalue weighted by atomic mass is 16.3. The van der Waals surface area contributed by atoms with Crippen LogP contribution < -0.4 is 0 Å². The predicted molar refractivity (Wildman–Crippen MR) is 99.9 cm³/mol. The molecule has 1 saturated heterocycles. The molecule has 1 aliphatic rings. The third kappa shape index (κ3) is 3.34. The van der Waals surface area contributed by atoms with Crippen LogP contribution in [0, 0.1) is 12.8 Å². The van der Waals surface area contributed by atoms with Gasteiger partial charge in [0.25, 0.3) is 5.91 Å². The van der Waals surface area contributed by atoms with Gasteiger partial charge in [0.15, 0.2) is 12.1 Å². The molecule has 0 aliphatic carbocycles. The number of carbonyl (C=O) groups excluding carboxylic acids is 1. The first-order valence-electron chi connectivity index (χ1n) is 9.24. The van der Waals surface area contributed by atoms with Crippen LogP contribution in [0.5, 0.6) is 0 Å². The van der Waals surface area contributed by atoms with Crippen molar-refractivity contribution in [1.82, 2.24) is 14.9 Å². The lowest BCUT2D eigenvalue weighted by atomic mass is 9.91. The molecule has 1 aromatic carbocycles. The van der Waals surface area contributed by atoms with Crippen molar-refractivity contribution < 1.29 is 9.21 Å². The summed E-state index contributed by atoms with van der Waals surface area (Å²) in [5.41, 5.74) is 2.85. The Kier molecular flexibility index (Phi) is 4.69. The average molecular weight is 349 g/mol. The standard InChI is InChI=1S/C21H23N3O2/c1-15-19(23-14-26-15)21(25)24-11-4-5-16(9-12-24)13-18-7-2-6-17-8-3-10-22-20(17)18/h2-3,6-8,10,14,16H,4-5,9,11-13H2,1H3. The second-order valence-corrected chi connectivity index (χ2v) is 7.04. The van der Waals surface area contributed by atoms with Crippen molar-refractivity contribution in [3.8, 4) is 0 Å². The van der Waals surface area contributed by atoms with E-state index in [-0.39, 0.29) is 5.91 Å². The molecule has 1 unspecified atom stereocenters. The maximum absolute atomic E-state index is 12.7. The number of benzene rings is 1. The summed E-state index contributed by atoms with van der Waals surface area (Å²) in [5.74, 6) is 1.15. The molecule has 3 heterocycles. The van der Waals surface area contributed by atoms with Crippen LogP contribution in [-0.2, 0) is 6.42 Å². The molecule has 26 heavy (non-hydrogen) atoms. The third-order valence-corrected chi connectivity index (χ3v) is 5.31. The number of likely N-dealkylation sites (tertiary alicyclic amines) is 1. The van der Waals surface area contributed by atoms with E-state index in [4.69, 9.17) is 4.42 Å². The van der Waals surface area contributed by atoms with Crippen LogP contribution in [0.4, 0.5) is 0 Å². The van der Waals surface area contributed by atoms with E-state index in [9.17, 15) is 4.79 Å². The van der Waals surface area contributed by atoms with Crippen LogP contribution in [-0.4, -0.2) is 33.9 Å². The highest BCUT2D eigenvalue weighted by Crippen LogP contribution is 2.26. The van der Waals surface area contributed by atoms with Crippen molar-refractivity contribution in [1.29, 1.82) is 0 Å². The summed E-state index contributed by atoms with van der Waals surface area (Å²) >= 11 is 0. The van der Waals surface area contributed by atoms with Crippen LogP contribution in [0.1, 0.15) is 41.1 Å². The lowest BCUT2D eigenvalue weighted by molar-refractivity contribution is 0.0753. The van der Waals surface area contributed by atoms with Gasteiger partial charge in [-0.25, -0.2) is 4.98 Å². The summed E-state index contributed by atoms with van der Waals surface area (Å²) in [5, 5.41) is 1.19. The van der Waals surface area contributed by atoms with Crippen molar-refractivity contribution in [3.63, 3.8) is 0 Å². The highest BCUT2D eigenvalue weighted by molar-refractivity contribution is 5.93. The molecule has 0 saturated carbocycles. The molecule has 1 atom stereocenters. The second kappa shape index (κ2) is 7.28. The van der Waals surface area contributed by atoms with Gasteiger partial charge in [-0.2, -0.15) is 0 Å². The Balaban J connectivity index is 1.45. The number of aromatic nitrogens is 2. The van der Waals surface area contributed by atoms with Crippen molar-refractivity contribution in [2.75, 3.05) is 13.1 Å². The van der Waals surface area contributed by atoms with E-state index in [2.05, 4.69) is 34.2 Å². The van der Waals surface area contributed by atoms with Gasteiger partial charge in [-0.1, -0.05) is 24.3 Å². The lowest BCUT2D eigenvalue weighted by Gasteiger charge is -2.20. The Hall–Kier alpha value is -2.69. The molecule has 3 aromatic rings. The molecule has 1 amide bonds. The fourth-order valence-corrected chi connectivity index (χ4v) is 3.88. The Bertz CT molecular complexity index is 913. The lowest BCUT2D eigenvalue weighted by Crippen LogP contribution is -2.32. The van der Waals surface area contributed by atoms with E-state index >= 15 is 0 Å². The molecule has 1 fully saturated rings. The number of nitrogens with zero attached hydrogens (tertiary/aromatic N) is 3. The average Bonchev–Trinajstić information content (AvgIpc) is 2.95. The van der Waals surface area contributed by atoms with E-state index in [1.54, 1.807) is 6.92 Å². The first kappa shape index (κ1) is 16.8. The molecular weight excluding hydrogens is 326 g/mol. The van der Waals surface area contributed by atoms with Gasteiger partial charge in [-0.3, -0.25) is 9.78 Å². The van der Waals surface area contributed by atoms with Crippen LogP contribution in [0.25, 0.3) is 10.9 Å². The van der Waals surface area contributed by atoms with Crippen molar-refractivity contribution in [3.05, 3.63) is 59.9 Å². The maximum atomic E-state index is 12.7. The molecule has 5 heteroatoms. The van der Waals surface area contributed by atoms with Crippen molar-refractivity contribution >= 4 is 16.8 Å². The fraction of sp³-hybridized carbons (Fsp3) is 0.381. The number of fused-ring (bicyclic) bond motifs is 1. The van der Waals surface area contributed by atoms with Crippen molar-refractivity contribution in [2.24, 2.45) is 5.92 Å². The molecule has 5 nitrogen and oxygen atoms in total. The number of pyridine rings is 1. The largest absolute Gasteiger partial charge is 0.448 e. The molecule has 134 valence electrons. The summed E-state index contributed by atoms with van der Waals surface area (Å²) in [6.07, 6.45) is 7.37. The first-order valence-corrected chi connectivity index (χ1v) is 9.24. The summed E-state index contributed by atoms with van der Waals surface area (Å²) in [7, 11) is 0. The summed E-state index contributed by atoms with van der Waals surface area (Å²) < 4.78 is 5.18. The van der Waals surface area contributed by atoms with Gasteiger partial charge in [0.05, 0.1) is 5.52 Å². The quantitative estimate of drug-likeness (QED) is 0.717. The fourth-order valence-electron chi connectivity index (χ4n) is 3.88. The van der Waals surface area contributed by atoms with Crippen LogP contribution in [0.2, 0.25) is 0 Å². The maximum Gasteiger partial charge on any atom is 0.276 e. The summed E-state index contributed by atoms with van der Waals surface area (Å²) in [4.78, 5) is 23.2. The highest BCUT2D eigenvalue weighted by Gasteiger charge is 2.25. The molecule has 1 aliphatic heterocycles. The normalized spacial score (nSPS) is 18.0. The number of oxazole rings is 1. The SMILES string of the molecule is Cc1ocnc1C(=O)N1CCCC(Cc2cccc3cccnc23)CC1. The molecule has 0 radical (unpaired) electrons. The minimum atomic E-state index is -0.0104. The molecule has 0 N–H and O–H groups in total. The number of hydrogen-bond donors (Lipinski definition) is 0. The Labute approximate surface area is 153 Å². The predicted octanol–water partition coefficient (Wildman–Crippen LogP) is 4.02. The monoisotopic (exact) mass is 349 g/mol. The number of rotatable bonds is 3. The van der Waals surface area contributed by atoms with Gasteiger partial charge in [0.2, 0.25) is 0 Å². The van der Waals surface area contributed by atoms with E-state index in [1.807, 2.05) is 17.2 Å². The number of hydrogen-bond acceptors (Lipinski definition) is 4. The Morgan fingerprint density at radius 1 is 1.19 bits per heavy atom. The second-order valence-electron chi connectivity index (χ2n) is 7.04. The third-order valence-electron chi connectivity index (χ3n) is 5.31. The molecule has 2 aromatic heterocycles. The zero-order chi connectivity index (χ0) is 17.9. The van der Waals surface area contributed by atoms with Gasteiger partial charge in [-0.15, -0.1) is 0 Å².